The molecule has 1 aliphatic rings. The van der Waals surface area contributed by atoms with Crippen LogP contribution in [0.5, 0.6) is 0 Å². The molecule has 3 rings (SSSR count). The van der Waals surface area contributed by atoms with E-state index in [1.165, 1.54) is 7.11 Å². The van der Waals surface area contributed by atoms with Crippen molar-refractivity contribution < 1.29 is 19.4 Å². The Balaban J connectivity index is 1.93. The molecular formula is C27H32O4. The van der Waals surface area contributed by atoms with Gasteiger partial charge >= 0.3 is 5.97 Å². The van der Waals surface area contributed by atoms with Crippen LogP contribution >= 0.6 is 0 Å². The summed E-state index contributed by atoms with van der Waals surface area (Å²) in [6, 6.07) is 18.0. The van der Waals surface area contributed by atoms with E-state index in [4.69, 9.17) is 4.74 Å². The fourth-order valence-corrected chi connectivity index (χ4v) is 4.56. The van der Waals surface area contributed by atoms with Crippen LogP contribution in [0.15, 0.2) is 60.7 Å². The average molecular weight is 421 g/mol. The number of esters is 1. The number of carbonyl (C=O) groups excluding carboxylic acids is 2. The van der Waals surface area contributed by atoms with E-state index in [0.29, 0.717) is 25.7 Å². The fraction of sp³-hybridized carbons (Fsp3) is 0.407. The molecular weight excluding hydrogens is 388 g/mol. The van der Waals surface area contributed by atoms with Gasteiger partial charge in [-0.2, -0.15) is 0 Å². The minimum absolute atomic E-state index is 0.202. The number of ether oxygens (including phenoxy) is 1. The van der Waals surface area contributed by atoms with Crippen molar-refractivity contribution in [1.82, 2.24) is 0 Å². The lowest BCUT2D eigenvalue weighted by Crippen LogP contribution is -2.28. The van der Waals surface area contributed by atoms with Crippen molar-refractivity contribution in [2.45, 2.75) is 58.0 Å². The summed E-state index contributed by atoms with van der Waals surface area (Å²) in [6.45, 7) is 1.76. The van der Waals surface area contributed by atoms with Crippen LogP contribution in [0.2, 0.25) is 0 Å². The Morgan fingerprint density at radius 3 is 2.42 bits per heavy atom. The van der Waals surface area contributed by atoms with Gasteiger partial charge < -0.3 is 9.84 Å². The van der Waals surface area contributed by atoms with Crippen LogP contribution in [-0.4, -0.2) is 30.1 Å². The van der Waals surface area contributed by atoms with E-state index in [0.717, 1.165) is 41.5 Å². The van der Waals surface area contributed by atoms with Crippen LogP contribution in [-0.2, 0) is 27.2 Å². The normalized spacial score (nSPS) is 20.0. The zero-order valence-corrected chi connectivity index (χ0v) is 18.5. The van der Waals surface area contributed by atoms with Crippen molar-refractivity contribution in [1.29, 1.82) is 0 Å². The maximum absolute atomic E-state index is 13.2. The molecule has 2 atom stereocenters. The predicted molar refractivity (Wildman–Crippen MR) is 122 cm³/mol. The molecule has 0 aliphatic heterocycles. The van der Waals surface area contributed by atoms with E-state index in [9.17, 15) is 14.7 Å². The zero-order chi connectivity index (χ0) is 22.3. The molecule has 4 nitrogen and oxygen atoms in total. The molecule has 1 saturated carbocycles. The number of ketones is 1. The first-order valence-corrected chi connectivity index (χ1v) is 11.1. The van der Waals surface area contributed by atoms with Crippen LogP contribution in [0.1, 0.15) is 55.7 Å². The van der Waals surface area contributed by atoms with Gasteiger partial charge in [-0.05, 0) is 61.3 Å². The van der Waals surface area contributed by atoms with Gasteiger partial charge in [-0.15, -0.1) is 0 Å². The third-order valence-corrected chi connectivity index (χ3v) is 6.25. The maximum Gasteiger partial charge on any atom is 0.305 e. The van der Waals surface area contributed by atoms with Crippen molar-refractivity contribution in [2.24, 2.45) is 5.41 Å². The van der Waals surface area contributed by atoms with Crippen molar-refractivity contribution in [2.75, 3.05) is 7.11 Å². The second-order valence-electron chi connectivity index (χ2n) is 8.45. The molecule has 1 fully saturated rings. The second kappa shape index (κ2) is 10.5. The van der Waals surface area contributed by atoms with Gasteiger partial charge in [0.25, 0.3) is 0 Å². The molecule has 0 radical (unpaired) electrons. The number of aryl methyl sites for hydroxylation is 1. The van der Waals surface area contributed by atoms with Crippen molar-refractivity contribution in [3.05, 3.63) is 77.4 Å². The topological polar surface area (TPSA) is 63.6 Å². The third-order valence-electron chi connectivity index (χ3n) is 6.25. The summed E-state index contributed by atoms with van der Waals surface area (Å²) in [5, 5.41) is 10.5. The SMILES string of the molecule is COC(=O)CCCc1ccccc1C[C@]1(/C=C(\c2ccccc2)[C@@H](C)O)CCCC1=O. The van der Waals surface area contributed by atoms with E-state index < -0.39 is 11.5 Å². The maximum atomic E-state index is 13.2. The highest BCUT2D eigenvalue weighted by Crippen LogP contribution is 2.42. The van der Waals surface area contributed by atoms with Crippen LogP contribution in [0.3, 0.4) is 0 Å². The van der Waals surface area contributed by atoms with Crippen LogP contribution in [0.4, 0.5) is 0 Å². The minimum Gasteiger partial charge on any atom is -0.469 e. The minimum atomic E-state index is -0.664. The number of hydrogen-bond donors (Lipinski definition) is 1. The highest BCUT2D eigenvalue weighted by Gasteiger charge is 2.41. The Morgan fingerprint density at radius 1 is 1.13 bits per heavy atom. The van der Waals surface area contributed by atoms with Crippen molar-refractivity contribution >= 4 is 17.3 Å². The lowest BCUT2D eigenvalue weighted by molar-refractivity contribution is -0.140. The molecule has 1 N–H and O–H groups in total. The standard InChI is InChI=1S/C27H32O4/c1-20(28)24(22-11-4-3-5-12-22)19-27(17-9-15-25(27)29)18-23-13-7-6-10-21(23)14-8-16-26(30)31-2/h3-7,10-13,19-20,28H,8-9,14-18H2,1-2H3/b24-19-/t20-,27+/m1/s1. The van der Waals surface area contributed by atoms with E-state index in [1.54, 1.807) is 6.92 Å². The number of aliphatic hydroxyl groups excluding tert-OH is 1. The Labute approximate surface area is 184 Å². The van der Waals surface area contributed by atoms with E-state index in [1.807, 2.05) is 48.5 Å². The molecule has 0 saturated heterocycles. The van der Waals surface area contributed by atoms with Gasteiger partial charge in [-0.3, -0.25) is 9.59 Å². The highest BCUT2D eigenvalue weighted by atomic mass is 16.5. The number of benzene rings is 2. The summed E-state index contributed by atoms with van der Waals surface area (Å²) in [4.78, 5) is 24.6. The number of aliphatic hydroxyl groups is 1. The Morgan fingerprint density at radius 2 is 1.81 bits per heavy atom. The average Bonchev–Trinajstić information content (AvgIpc) is 3.13. The van der Waals surface area contributed by atoms with Crippen LogP contribution < -0.4 is 0 Å². The van der Waals surface area contributed by atoms with Crippen molar-refractivity contribution in [3.8, 4) is 0 Å². The Hall–Kier alpha value is -2.72. The van der Waals surface area contributed by atoms with Gasteiger partial charge in [-0.25, -0.2) is 0 Å². The first kappa shape index (κ1) is 23.0. The van der Waals surface area contributed by atoms with Gasteiger partial charge in [0.05, 0.1) is 18.6 Å². The summed E-state index contributed by atoms with van der Waals surface area (Å²) < 4.78 is 4.75. The van der Waals surface area contributed by atoms with E-state index in [2.05, 4.69) is 12.1 Å². The molecule has 0 amide bonds. The Kier molecular flexibility index (Phi) is 7.80. The van der Waals surface area contributed by atoms with Crippen molar-refractivity contribution in [3.63, 3.8) is 0 Å². The number of methoxy groups -OCH3 is 1. The number of hydrogen-bond acceptors (Lipinski definition) is 4. The lowest BCUT2D eigenvalue weighted by Gasteiger charge is -2.28. The Bertz CT molecular complexity index is 929. The quantitative estimate of drug-likeness (QED) is 0.584. The molecule has 0 bridgehead atoms. The molecule has 0 spiro atoms. The predicted octanol–water partition coefficient (Wildman–Crippen LogP) is 4.93. The van der Waals surface area contributed by atoms with Crippen LogP contribution in [0.25, 0.3) is 5.57 Å². The van der Waals surface area contributed by atoms with E-state index in [-0.39, 0.29) is 11.8 Å². The molecule has 0 unspecified atom stereocenters. The summed E-state index contributed by atoms with van der Waals surface area (Å²) in [6.07, 6.45) is 6.06. The zero-order valence-electron chi connectivity index (χ0n) is 18.5. The molecule has 4 heteroatoms. The summed E-state index contributed by atoms with van der Waals surface area (Å²) in [5.41, 5.74) is 3.44. The molecule has 31 heavy (non-hydrogen) atoms. The lowest BCUT2D eigenvalue weighted by atomic mass is 9.75. The fourth-order valence-electron chi connectivity index (χ4n) is 4.56. The van der Waals surface area contributed by atoms with E-state index >= 15 is 0 Å². The van der Waals surface area contributed by atoms with Gasteiger partial charge in [0.15, 0.2) is 0 Å². The largest absolute Gasteiger partial charge is 0.469 e. The first-order valence-electron chi connectivity index (χ1n) is 11.1. The first-order chi connectivity index (χ1) is 14.9. The molecule has 2 aromatic carbocycles. The van der Waals surface area contributed by atoms with Crippen LogP contribution in [0, 0.1) is 5.41 Å². The molecule has 164 valence electrons. The second-order valence-corrected chi connectivity index (χ2v) is 8.45. The molecule has 2 aromatic rings. The van der Waals surface area contributed by atoms with Gasteiger partial charge in [0.1, 0.15) is 5.78 Å². The number of rotatable bonds is 9. The molecule has 1 aliphatic carbocycles. The number of Topliss-reactive ketones (excluding diaryl/α,β-unsaturated/α-hetero) is 1. The molecule has 0 heterocycles. The number of carbonyl (C=O) groups is 2. The summed E-state index contributed by atoms with van der Waals surface area (Å²) >= 11 is 0. The monoisotopic (exact) mass is 420 g/mol. The number of allylic oxidation sites excluding steroid dienone is 1. The van der Waals surface area contributed by atoms with Gasteiger partial charge in [0.2, 0.25) is 0 Å². The highest BCUT2D eigenvalue weighted by molar-refractivity contribution is 5.91. The molecule has 0 aromatic heterocycles. The smallest absolute Gasteiger partial charge is 0.305 e. The third kappa shape index (κ3) is 5.71. The summed E-state index contributed by atoms with van der Waals surface area (Å²) in [5.74, 6) is 0.0400. The van der Waals surface area contributed by atoms with Gasteiger partial charge in [-0.1, -0.05) is 60.7 Å². The van der Waals surface area contributed by atoms with Gasteiger partial charge in [0, 0.05) is 12.8 Å². The summed E-state index contributed by atoms with van der Waals surface area (Å²) in [7, 11) is 1.41.